The number of hydrogen-bond donors (Lipinski definition) is 2. The number of unbranched alkanes of at least 4 members (excludes halogenated alkanes) is 1. The maximum Gasteiger partial charge on any atom is 0.263 e. The number of nitrogens with zero attached hydrogens (tertiary/aromatic N) is 2. The summed E-state index contributed by atoms with van der Waals surface area (Å²) in [7, 11) is 0. The van der Waals surface area contributed by atoms with Crippen LogP contribution < -0.4 is 0 Å². The molecule has 89 heavy (non-hydrogen) atoms. The van der Waals surface area contributed by atoms with Crippen LogP contribution in [0.2, 0.25) is 0 Å². The van der Waals surface area contributed by atoms with E-state index < -0.39 is 11.6 Å². The molecule has 0 aliphatic rings. The Bertz CT molecular complexity index is 4030. The van der Waals surface area contributed by atoms with Crippen LogP contribution in [0.15, 0.2) is 181 Å². The Morgan fingerprint density at radius 1 is 0.404 bits per heavy atom. The summed E-state index contributed by atoms with van der Waals surface area (Å²) in [5, 5.41) is 32.6. The number of halogens is 2. The third-order valence-electron chi connectivity index (χ3n) is 16.2. The van der Waals surface area contributed by atoms with Gasteiger partial charge in [0.2, 0.25) is 0 Å². The first kappa shape index (κ1) is 65.9. The molecular formula is C78H82F2N2O4S2Zr. The number of thiophene rings is 2. The summed E-state index contributed by atoms with van der Waals surface area (Å²) in [6, 6.07) is 55.2. The molecule has 8 aromatic carbocycles. The molecule has 0 saturated heterocycles. The summed E-state index contributed by atoms with van der Waals surface area (Å²) in [6.45, 7) is 35.0. The number of ether oxygens (including phenoxy) is 2. The molecule has 0 radical (unpaired) electrons. The van der Waals surface area contributed by atoms with Crippen LogP contribution >= 0.6 is 22.7 Å². The molecule has 4 heterocycles. The van der Waals surface area contributed by atoms with E-state index in [9.17, 15) is 10.2 Å². The summed E-state index contributed by atoms with van der Waals surface area (Å²) in [5.41, 5.74) is 13.2. The monoisotopic (exact) mass is 1300 g/mol. The fourth-order valence-corrected chi connectivity index (χ4v) is 13.0. The zero-order chi connectivity index (χ0) is 63.0. The van der Waals surface area contributed by atoms with E-state index in [4.69, 9.17) is 9.47 Å². The second-order valence-electron chi connectivity index (χ2n) is 27.0. The van der Waals surface area contributed by atoms with Crippen molar-refractivity contribution in [3.8, 4) is 55.3 Å². The van der Waals surface area contributed by atoms with E-state index >= 15 is 8.78 Å². The van der Waals surface area contributed by atoms with Gasteiger partial charge in [-0.25, -0.2) is 8.78 Å². The van der Waals surface area contributed by atoms with E-state index in [1.165, 1.54) is 69.2 Å². The molecule has 12 rings (SSSR count). The smallest absolute Gasteiger partial charge is 0.263 e. The van der Waals surface area contributed by atoms with Crippen molar-refractivity contribution >= 4 is 66.3 Å². The number of fused-ring (bicyclic) bond motifs is 6. The minimum absolute atomic E-state index is 0. The van der Waals surface area contributed by atoms with Crippen molar-refractivity contribution in [3.05, 3.63) is 239 Å². The van der Waals surface area contributed by atoms with Crippen molar-refractivity contribution in [1.82, 2.24) is 9.13 Å². The molecule has 0 fully saturated rings. The van der Waals surface area contributed by atoms with Gasteiger partial charge < -0.3 is 28.8 Å². The number of hydrogen-bond acceptors (Lipinski definition) is 4. The summed E-state index contributed by atoms with van der Waals surface area (Å²) < 4.78 is 44.3. The van der Waals surface area contributed by atoms with Gasteiger partial charge in [0.05, 0.1) is 54.3 Å². The van der Waals surface area contributed by atoms with E-state index in [1.54, 1.807) is 12.1 Å². The van der Waals surface area contributed by atoms with E-state index in [1.807, 2.05) is 71.4 Å². The molecule has 0 unspecified atom stereocenters. The molecule has 458 valence electrons. The van der Waals surface area contributed by atoms with Crippen LogP contribution in [0.1, 0.15) is 129 Å². The summed E-state index contributed by atoms with van der Waals surface area (Å²) in [4.78, 5) is 1.10. The molecule has 0 atom stereocenters. The van der Waals surface area contributed by atoms with Crippen molar-refractivity contribution in [2.45, 2.75) is 118 Å². The maximum absolute atomic E-state index is 15.1. The van der Waals surface area contributed by atoms with Gasteiger partial charge in [0, 0.05) is 83.5 Å². The van der Waals surface area contributed by atoms with Gasteiger partial charge in [0.15, 0.2) is 24.7 Å². The summed E-state index contributed by atoms with van der Waals surface area (Å²) in [5.74, 6) is 0.520. The van der Waals surface area contributed by atoms with Crippen LogP contribution in [-0.4, -0.2) is 42.0 Å². The van der Waals surface area contributed by atoms with Crippen molar-refractivity contribution < 1.29 is 54.7 Å². The molecule has 6 nitrogen and oxygen atoms in total. The molecule has 0 amide bonds. The Kier molecular flexibility index (Phi) is 19.6. The van der Waals surface area contributed by atoms with Crippen LogP contribution in [0.25, 0.3) is 75.9 Å². The van der Waals surface area contributed by atoms with Gasteiger partial charge >= 0.3 is 0 Å². The zero-order valence-electron chi connectivity index (χ0n) is 53.3. The van der Waals surface area contributed by atoms with Crippen LogP contribution in [-0.2, 0) is 47.9 Å². The van der Waals surface area contributed by atoms with E-state index in [2.05, 4.69) is 179 Å². The molecule has 0 aliphatic heterocycles. The number of aromatic hydroxyl groups is 4. The first-order chi connectivity index (χ1) is 41.7. The minimum atomic E-state index is -0.410. The Hall–Kier alpha value is -7.56. The molecule has 12 aromatic rings. The molecule has 0 aliphatic carbocycles. The largest absolute Gasteiger partial charge is 0.582 e. The van der Waals surface area contributed by atoms with Crippen molar-refractivity contribution in [2.75, 3.05) is 13.2 Å². The molecule has 0 saturated carbocycles. The van der Waals surface area contributed by atoms with Gasteiger partial charge in [-0.1, -0.05) is 119 Å². The van der Waals surface area contributed by atoms with Crippen molar-refractivity contribution in [3.63, 3.8) is 0 Å². The Balaban J connectivity index is 0.000000553. The molecule has 0 spiro atoms. The second kappa shape index (κ2) is 26.5. The fraction of sp³-hybridized carbons (Fsp3) is 0.256. The second-order valence-corrected chi connectivity index (χ2v) is 28.7. The normalized spacial score (nSPS) is 12.0. The number of aliphatic hydroxyl groups is 2. The van der Waals surface area contributed by atoms with Crippen molar-refractivity contribution in [2.24, 2.45) is 0 Å². The SMILES string of the molecule is CC(C)(C)c1ccc2c(c1)c1cc(C(C)(C)C)ccc1n2-c1csc(-c2cc(F)ccc2[OH+]CCCC[OH+]c2ccc(F)cc2-c2scc(-n3c4ccc(C(C)(C)C)cc4c4cc(C(C)(C)C)ccc43)c2O)c1O.[CH2-]c1ccccc1.[CH2-]c1ccccc1.[Zr]. The number of rotatable bonds is 11. The van der Waals surface area contributed by atoms with Crippen LogP contribution in [0.5, 0.6) is 23.0 Å². The van der Waals surface area contributed by atoms with Crippen LogP contribution in [0.3, 0.4) is 0 Å². The molecule has 4 aromatic heterocycles. The Morgan fingerprint density at radius 2 is 0.697 bits per heavy atom. The molecule has 11 heteroatoms. The minimum Gasteiger partial charge on any atom is -0.582 e. The first-order valence-electron chi connectivity index (χ1n) is 30.2. The Labute approximate surface area is 551 Å². The topological polar surface area (TPSA) is 75.9 Å². The van der Waals surface area contributed by atoms with Gasteiger partial charge in [-0.15, -0.1) is 46.9 Å². The third-order valence-corrected chi connectivity index (χ3v) is 18.2. The first-order valence-corrected chi connectivity index (χ1v) is 31.9. The summed E-state index contributed by atoms with van der Waals surface area (Å²) >= 11 is 2.75. The predicted octanol–water partition coefficient (Wildman–Crippen LogP) is 21.9. The van der Waals surface area contributed by atoms with Crippen LogP contribution in [0.4, 0.5) is 8.78 Å². The van der Waals surface area contributed by atoms with Gasteiger partial charge in [-0.05, 0) is 117 Å². The number of aromatic nitrogens is 2. The van der Waals surface area contributed by atoms with Gasteiger partial charge in [-0.3, -0.25) is 0 Å². The fourth-order valence-electron chi connectivity index (χ4n) is 11.1. The van der Waals surface area contributed by atoms with E-state index in [0.29, 0.717) is 69.8 Å². The quantitative estimate of drug-likeness (QED) is 0.0769. The Morgan fingerprint density at radius 3 is 0.955 bits per heavy atom. The zero-order valence-corrected chi connectivity index (χ0v) is 57.4. The predicted molar refractivity (Wildman–Crippen MR) is 370 cm³/mol. The van der Waals surface area contributed by atoms with E-state index in [-0.39, 0.29) is 59.4 Å². The van der Waals surface area contributed by atoms with Gasteiger partial charge in [0.25, 0.3) is 11.5 Å². The van der Waals surface area contributed by atoms with Gasteiger partial charge in [-0.2, -0.15) is 49.2 Å². The molecule has 4 N–H and O–H groups in total. The standard InChI is InChI=1S/C64H66F2N2O4S2.2C7H7.Zr/c1-61(2,3)37-15-21-49-43(29-37)44-30-38(62(4,5)6)16-22-50(44)67(49)53-35-73-59(57(53)69)47-33-41(65)19-25-55(47)71-27-13-14-28-72-56-26-20-42(66)34-48(56)60-58(70)54(36-74-60)68-51-23-17-39(63(7,8)9)31-45(51)46-32-40(64(10,11)12)18-24-52(46)68;2*1-7-5-3-2-4-6-7;/h15-26,29-36,69-70H,13-14,27-28H2,1-12H3;2*2-6H,1H2;/q;2*-1;/p+2. The maximum atomic E-state index is 15.1. The number of benzene rings is 8. The molecule has 0 bridgehead atoms. The summed E-state index contributed by atoms with van der Waals surface area (Å²) in [6.07, 6.45) is 1.37. The molecular weight excluding hydrogens is 1220 g/mol. The average molecular weight is 1300 g/mol. The van der Waals surface area contributed by atoms with Crippen LogP contribution in [0, 0.1) is 25.5 Å². The third kappa shape index (κ3) is 14.4. The van der Waals surface area contributed by atoms with E-state index in [0.717, 1.165) is 54.7 Å². The van der Waals surface area contributed by atoms with Gasteiger partial charge in [0.1, 0.15) is 11.6 Å². The van der Waals surface area contributed by atoms with Crippen molar-refractivity contribution in [1.29, 1.82) is 0 Å². The average Bonchev–Trinajstić information content (AvgIpc) is 1.69.